The summed E-state index contributed by atoms with van der Waals surface area (Å²) in [4.78, 5) is 21.0. The lowest BCUT2D eigenvalue weighted by Crippen LogP contribution is -2.13. The van der Waals surface area contributed by atoms with Crippen molar-refractivity contribution < 1.29 is 9.85 Å². The Morgan fingerprint density at radius 2 is 1.00 bits per heavy atom. The zero-order valence-corrected chi connectivity index (χ0v) is 14.1. The molecule has 3 aromatic heterocycles. The summed E-state index contributed by atoms with van der Waals surface area (Å²) in [6, 6.07) is 0. The molecule has 3 aromatic rings. The fourth-order valence-corrected chi connectivity index (χ4v) is 2.58. The molecule has 0 aliphatic heterocycles. The second-order valence-corrected chi connectivity index (χ2v) is 5.38. The molecule has 134 valence electrons. The van der Waals surface area contributed by atoms with E-state index in [9.17, 15) is 20.2 Å². The van der Waals surface area contributed by atoms with Gasteiger partial charge in [0.2, 0.25) is 0 Å². The Hall–Kier alpha value is -3.84. The minimum absolute atomic E-state index is 0.0709. The van der Waals surface area contributed by atoms with Crippen molar-refractivity contribution in [1.82, 2.24) is 40.0 Å². The molecule has 0 saturated carbocycles. The number of hydrogen-bond donors (Lipinski definition) is 0. The zero-order valence-electron chi connectivity index (χ0n) is 14.1. The van der Waals surface area contributed by atoms with Gasteiger partial charge in [0, 0.05) is 0 Å². The molecule has 0 bridgehead atoms. The first-order valence-corrected chi connectivity index (χ1v) is 7.21. The molecule has 14 heteroatoms. The van der Waals surface area contributed by atoms with E-state index in [1.165, 1.54) is 27.7 Å². The maximum absolute atomic E-state index is 11.1. The molecule has 0 aromatic carbocycles. The summed E-state index contributed by atoms with van der Waals surface area (Å²) < 4.78 is 2.31. The molecule has 3 heterocycles. The number of aryl methyl sites for hydroxylation is 2. The Balaban J connectivity index is 2.03. The maximum atomic E-state index is 11.1. The molecular formula is C12H12N10O4. The van der Waals surface area contributed by atoms with Crippen molar-refractivity contribution in [3.05, 3.63) is 43.0 Å². The van der Waals surface area contributed by atoms with Crippen LogP contribution < -0.4 is 0 Å². The summed E-state index contributed by atoms with van der Waals surface area (Å²) in [5.74, 6) is -0.142. The van der Waals surface area contributed by atoms with E-state index in [1.54, 1.807) is 0 Å². The number of aromatic nitrogens is 8. The summed E-state index contributed by atoms with van der Waals surface area (Å²) in [6.07, 6.45) is 0. The van der Waals surface area contributed by atoms with Crippen molar-refractivity contribution in [2.75, 3.05) is 0 Å². The van der Waals surface area contributed by atoms with Crippen molar-refractivity contribution in [3.8, 4) is 11.9 Å². The first kappa shape index (κ1) is 17.0. The highest BCUT2D eigenvalue weighted by Gasteiger charge is 2.26. The van der Waals surface area contributed by atoms with Gasteiger partial charge in [-0.1, -0.05) is 0 Å². The monoisotopic (exact) mass is 360 g/mol. The van der Waals surface area contributed by atoms with Crippen LogP contribution in [0.5, 0.6) is 0 Å². The second kappa shape index (κ2) is 5.91. The fraction of sp³-hybridized carbons (Fsp3) is 0.333. The van der Waals surface area contributed by atoms with E-state index in [0.717, 1.165) is 9.36 Å². The number of nitrogens with zero attached hydrogens (tertiary/aromatic N) is 10. The lowest BCUT2D eigenvalue weighted by atomic mass is 10.3. The van der Waals surface area contributed by atoms with Gasteiger partial charge >= 0.3 is 11.4 Å². The first-order chi connectivity index (χ1) is 12.2. The highest BCUT2D eigenvalue weighted by atomic mass is 16.6. The van der Waals surface area contributed by atoms with Gasteiger partial charge in [0.1, 0.15) is 22.8 Å². The summed E-state index contributed by atoms with van der Waals surface area (Å²) in [5, 5.41) is 45.6. The molecule has 0 atom stereocenters. The molecule has 0 spiro atoms. The van der Waals surface area contributed by atoms with E-state index in [0.29, 0.717) is 0 Å². The molecule has 0 radical (unpaired) electrons. The smallest absolute Gasteiger partial charge is 0.258 e. The number of rotatable bonds is 4. The van der Waals surface area contributed by atoms with E-state index in [-0.39, 0.29) is 46.0 Å². The highest BCUT2D eigenvalue weighted by Crippen LogP contribution is 2.24. The van der Waals surface area contributed by atoms with Crippen LogP contribution in [0.2, 0.25) is 0 Å². The van der Waals surface area contributed by atoms with Crippen molar-refractivity contribution in [2.24, 2.45) is 0 Å². The molecule has 14 nitrogen and oxygen atoms in total. The van der Waals surface area contributed by atoms with E-state index < -0.39 is 9.85 Å². The average molecular weight is 360 g/mol. The average Bonchev–Trinajstić information content (AvgIpc) is 3.03. The van der Waals surface area contributed by atoms with Gasteiger partial charge in [-0.15, -0.1) is 20.4 Å². The minimum Gasteiger partial charge on any atom is -0.258 e. The molecule has 26 heavy (non-hydrogen) atoms. The lowest BCUT2D eigenvalue weighted by molar-refractivity contribution is -0.386. The molecule has 0 aliphatic rings. The molecule has 0 aliphatic carbocycles. The molecule has 0 amide bonds. The molecule has 0 unspecified atom stereocenters. The van der Waals surface area contributed by atoms with Gasteiger partial charge in [0.05, 0.1) is 9.85 Å². The predicted molar refractivity (Wildman–Crippen MR) is 84.1 cm³/mol. The largest absolute Gasteiger partial charge is 0.313 e. The van der Waals surface area contributed by atoms with Crippen LogP contribution in [0.15, 0.2) is 0 Å². The van der Waals surface area contributed by atoms with Gasteiger partial charge in [-0.3, -0.25) is 20.2 Å². The third-order valence-electron chi connectivity index (χ3n) is 3.71. The quantitative estimate of drug-likeness (QED) is 0.475. The third kappa shape index (κ3) is 2.52. The molecule has 0 saturated heterocycles. The van der Waals surface area contributed by atoms with Crippen LogP contribution in [-0.2, 0) is 0 Å². The van der Waals surface area contributed by atoms with Crippen LogP contribution in [0.1, 0.15) is 22.8 Å². The summed E-state index contributed by atoms with van der Waals surface area (Å²) in [6.45, 7) is 5.98. The number of hydrogen-bond acceptors (Lipinski definition) is 10. The van der Waals surface area contributed by atoms with Crippen molar-refractivity contribution >= 4 is 11.4 Å². The second-order valence-electron chi connectivity index (χ2n) is 5.38. The third-order valence-corrected chi connectivity index (χ3v) is 3.71. The Kier molecular flexibility index (Phi) is 3.86. The number of nitro groups is 2. The van der Waals surface area contributed by atoms with E-state index in [1.807, 2.05) is 0 Å². The van der Waals surface area contributed by atoms with Gasteiger partial charge < -0.3 is 0 Å². The first-order valence-electron chi connectivity index (χ1n) is 7.21. The Morgan fingerprint density at radius 3 is 1.23 bits per heavy atom. The minimum atomic E-state index is -0.543. The van der Waals surface area contributed by atoms with Gasteiger partial charge in [0.15, 0.2) is 0 Å². The van der Waals surface area contributed by atoms with E-state index >= 15 is 0 Å². The molecule has 0 N–H and O–H groups in total. The summed E-state index contributed by atoms with van der Waals surface area (Å²) in [7, 11) is 0. The van der Waals surface area contributed by atoms with Crippen molar-refractivity contribution in [2.45, 2.75) is 27.7 Å². The standard InChI is InChI=1S/C12H12N10O4/c1-5-9(21(23)24)7(3)19(17-5)11-13-15-12(16-14-11)20-8(4)10(22(25)26)6(2)18-20/h1-4H3. The van der Waals surface area contributed by atoms with Crippen LogP contribution in [0.25, 0.3) is 11.9 Å². The normalized spacial score (nSPS) is 10.9. The SMILES string of the molecule is Cc1nn(-c2nnc(-n3nc(C)c([N+](=O)[O-])c3C)nn2)c(C)c1[N+](=O)[O-]. The van der Waals surface area contributed by atoms with Crippen LogP contribution >= 0.6 is 0 Å². The van der Waals surface area contributed by atoms with Crippen LogP contribution in [0.4, 0.5) is 11.4 Å². The van der Waals surface area contributed by atoms with Gasteiger partial charge in [-0.2, -0.15) is 19.6 Å². The van der Waals surface area contributed by atoms with Crippen LogP contribution in [0, 0.1) is 47.9 Å². The maximum Gasteiger partial charge on any atom is 0.313 e. The van der Waals surface area contributed by atoms with E-state index in [2.05, 4.69) is 30.6 Å². The van der Waals surface area contributed by atoms with Crippen molar-refractivity contribution in [1.29, 1.82) is 0 Å². The Morgan fingerprint density at radius 1 is 0.692 bits per heavy atom. The van der Waals surface area contributed by atoms with Gasteiger partial charge in [-0.05, 0) is 27.7 Å². The highest BCUT2D eigenvalue weighted by molar-refractivity contribution is 5.43. The lowest BCUT2D eigenvalue weighted by Gasteiger charge is -2.02. The van der Waals surface area contributed by atoms with Gasteiger partial charge in [-0.25, -0.2) is 0 Å². The van der Waals surface area contributed by atoms with Crippen molar-refractivity contribution in [3.63, 3.8) is 0 Å². The summed E-state index contributed by atoms with van der Waals surface area (Å²) >= 11 is 0. The fourth-order valence-electron chi connectivity index (χ4n) is 2.58. The zero-order chi connectivity index (χ0) is 19.2. The topological polar surface area (TPSA) is 173 Å². The van der Waals surface area contributed by atoms with Crippen LogP contribution in [-0.4, -0.2) is 49.8 Å². The van der Waals surface area contributed by atoms with Gasteiger partial charge in [0.25, 0.3) is 11.9 Å². The van der Waals surface area contributed by atoms with Crippen LogP contribution in [0.3, 0.4) is 0 Å². The molecule has 3 rings (SSSR count). The predicted octanol–water partition coefficient (Wildman–Crippen LogP) is 0.688. The van der Waals surface area contributed by atoms with E-state index in [4.69, 9.17) is 0 Å². The summed E-state index contributed by atoms with van der Waals surface area (Å²) in [5.41, 5.74) is 0.568. The Labute approximate surface area is 144 Å². The molecule has 0 fully saturated rings. The Bertz CT molecular complexity index is 952. The molecular weight excluding hydrogens is 348 g/mol.